The Kier molecular flexibility index (Phi) is 7.08. The van der Waals surface area contributed by atoms with Crippen molar-refractivity contribution in [2.45, 2.75) is 45.8 Å². The monoisotopic (exact) mass is 512 g/mol. The van der Waals surface area contributed by atoms with E-state index >= 15 is 0 Å². The number of rotatable bonds is 8. The Morgan fingerprint density at radius 1 is 1.16 bits per heavy atom. The molecule has 0 bridgehead atoms. The minimum Gasteiger partial charge on any atom is -0.390 e. The molecule has 5 rings (SSSR count). The summed E-state index contributed by atoms with van der Waals surface area (Å²) >= 11 is 0. The van der Waals surface area contributed by atoms with Crippen LogP contribution in [0.5, 0.6) is 0 Å². The second-order valence-electron chi connectivity index (χ2n) is 10.8. The number of anilines is 3. The molecule has 8 nitrogen and oxygen atoms in total. The van der Waals surface area contributed by atoms with Crippen molar-refractivity contribution in [3.05, 3.63) is 66.1 Å². The number of hydrogen-bond acceptors (Lipinski definition) is 6. The molecule has 1 aliphatic rings. The number of carbonyl (C=O) groups is 1. The van der Waals surface area contributed by atoms with Crippen molar-refractivity contribution >= 4 is 34.5 Å². The first-order chi connectivity index (χ1) is 18.3. The van der Waals surface area contributed by atoms with Gasteiger partial charge in [0.25, 0.3) is 0 Å². The molecule has 0 aliphatic carbocycles. The van der Waals surface area contributed by atoms with Crippen molar-refractivity contribution in [2.24, 2.45) is 13.0 Å². The summed E-state index contributed by atoms with van der Waals surface area (Å²) in [4.78, 5) is 23.0. The molecule has 1 aliphatic heterocycles. The molecule has 4 heterocycles. The van der Waals surface area contributed by atoms with E-state index in [0.717, 1.165) is 82.8 Å². The second kappa shape index (κ2) is 10.5. The number of hydrogen-bond donors (Lipinski definition) is 3. The molecule has 3 aromatic heterocycles. The molecular formula is C30H36N6O2. The predicted octanol–water partition coefficient (Wildman–Crippen LogP) is 4.92. The number of aryl methyl sites for hydroxylation is 1. The van der Waals surface area contributed by atoms with Crippen molar-refractivity contribution in [3.63, 3.8) is 0 Å². The molecule has 8 heteroatoms. The van der Waals surface area contributed by atoms with Crippen LogP contribution in [-0.2, 0) is 18.4 Å². The van der Waals surface area contributed by atoms with E-state index in [0.29, 0.717) is 6.54 Å². The van der Waals surface area contributed by atoms with Crippen molar-refractivity contribution in [3.8, 4) is 11.3 Å². The number of nitrogens with zero attached hydrogens (tertiary/aromatic N) is 4. The lowest BCUT2D eigenvalue weighted by Gasteiger charge is -2.39. The van der Waals surface area contributed by atoms with Crippen molar-refractivity contribution in [1.29, 1.82) is 0 Å². The highest BCUT2D eigenvalue weighted by Crippen LogP contribution is 2.35. The molecule has 198 valence electrons. The Labute approximate surface area is 223 Å². The Bertz CT molecular complexity index is 1440. The van der Waals surface area contributed by atoms with Crippen LogP contribution in [0.15, 0.2) is 55.0 Å². The van der Waals surface area contributed by atoms with Gasteiger partial charge in [0.1, 0.15) is 5.82 Å². The maximum absolute atomic E-state index is 11.2. The summed E-state index contributed by atoms with van der Waals surface area (Å²) in [6.45, 7) is 8.00. The van der Waals surface area contributed by atoms with E-state index in [9.17, 15) is 9.90 Å². The smallest absolute Gasteiger partial charge is 0.207 e. The molecule has 0 radical (unpaired) electrons. The van der Waals surface area contributed by atoms with Crippen LogP contribution in [-0.4, -0.2) is 44.7 Å². The molecule has 3 N–H and O–H groups in total. The summed E-state index contributed by atoms with van der Waals surface area (Å²) in [7, 11) is 2.03. The van der Waals surface area contributed by atoms with E-state index in [2.05, 4.69) is 49.4 Å². The zero-order chi connectivity index (χ0) is 26.9. The lowest BCUT2D eigenvalue weighted by atomic mass is 9.84. The normalized spacial score (nSPS) is 16.0. The first-order valence-corrected chi connectivity index (χ1v) is 13.2. The Morgan fingerprint density at radius 2 is 2.00 bits per heavy atom. The molecule has 0 saturated carbocycles. The largest absolute Gasteiger partial charge is 0.390 e. The van der Waals surface area contributed by atoms with Crippen LogP contribution < -0.4 is 15.5 Å². The molecule has 4 aromatic rings. The van der Waals surface area contributed by atoms with E-state index in [1.54, 1.807) is 0 Å². The van der Waals surface area contributed by atoms with Crippen LogP contribution >= 0.6 is 0 Å². The molecule has 1 atom stereocenters. The maximum Gasteiger partial charge on any atom is 0.207 e. The zero-order valence-corrected chi connectivity index (χ0v) is 22.5. The summed E-state index contributed by atoms with van der Waals surface area (Å²) < 4.78 is 2.09. The third-order valence-electron chi connectivity index (χ3n) is 7.81. The zero-order valence-electron chi connectivity index (χ0n) is 22.5. The number of amides is 1. The van der Waals surface area contributed by atoms with Gasteiger partial charge < -0.3 is 25.2 Å². The topological polar surface area (TPSA) is 95.3 Å². The Balaban J connectivity index is 1.41. The fraction of sp³-hybridized carbons (Fsp3) is 0.367. The van der Waals surface area contributed by atoms with E-state index in [1.807, 2.05) is 58.5 Å². The van der Waals surface area contributed by atoms with Crippen molar-refractivity contribution < 1.29 is 9.90 Å². The second-order valence-corrected chi connectivity index (χ2v) is 10.8. The van der Waals surface area contributed by atoms with Gasteiger partial charge in [-0.15, -0.1) is 0 Å². The first-order valence-electron chi connectivity index (χ1n) is 13.2. The van der Waals surface area contributed by atoms with E-state index in [4.69, 9.17) is 4.98 Å². The Hall–Kier alpha value is -3.91. The minimum atomic E-state index is -0.688. The minimum absolute atomic E-state index is 0.237. The number of pyridine rings is 2. The highest BCUT2D eigenvalue weighted by atomic mass is 16.3. The van der Waals surface area contributed by atoms with Crippen LogP contribution in [0.3, 0.4) is 0 Å². The SMILES string of the molecule is Cc1c(Nc2ccc(N3CCC[C@@H](C(C)(C)O)C3)cn2)cnc(-c2cccc3c2ccn3C)c1CNC=O. The van der Waals surface area contributed by atoms with Gasteiger partial charge in [-0.25, -0.2) is 4.98 Å². The molecule has 0 unspecified atom stereocenters. The number of piperidine rings is 1. The first kappa shape index (κ1) is 25.7. The van der Waals surface area contributed by atoms with Gasteiger partial charge in [-0.1, -0.05) is 12.1 Å². The van der Waals surface area contributed by atoms with E-state index in [-0.39, 0.29) is 5.92 Å². The van der Waals surface area contributed by atoms with Gasteiger partial charge in [0, 0.05) is 60.8 Å². The lowest BCUT2D eigenvalue weighted by molar-refractivity contribution is -0.109. The molecular weight excluding hydrogens is 476 g/mol. The van der Waals surface area contributed by atoms with Gasteiger partial charge in [-0.2, -0.15) is 0 Å². The molecule has 0 spiro atoms. The van der Waals surface area contributed by atoms with Gasteiger partial charge in [0.05, 0.1) is 35.1 Å². The number of benzene rings is 1. The van der Waals surface area contributed by atoms with Crippen LogP contribution in [0.1, 0.15) is 37.8 Å². The maximum atomic E-state index is 11.2. The number of fused-ring (bicyclic) bond motifs is 1. The number of nitrogens with one attached hydrogen (secondary N) is 2. The average Bonchev–Trinajstić information content (AvgIpc) is 3.30. The van der Waals surface area contributed by atoms with Crippen LogP contribution in [0.4, 0.5) is 17.2 Å². The summed E-state index contributed by atoms with van der Waals surface area (Å²) in [6, 6.07) is 12.4. The number of aromatic nitrogens is 3. The molecule has 38 heavy (non-hydrogen) atoms. The fourth-order valence-corrected chi connectivity index (χ4v) is 5.44. The van der Waals surface area contributed by atoms with E-state index in [1.165, 1.54) is 0 Å². The van der Waals surface area contributed by atoms with E-state index < -0.39 is 5.60 Å². The standard InChI is InChI=1S/C30H36N6O2/c1-20-25(16-31-19-37)29(24-8-5-9-27-23(24)12-14-35(27)4)33-17-26(20)34-28-11-10-22(15-32-28)36-13-6-7-21(18-36)30(2,3)38/h5,8-12,14-15,17,19,21,38H,6-7,13,16,18H2,1-4H3,(H,31,37)(H,32,34)/t21-/m1/s1. The van der Waals surface area contributed by atoms with Gasteiger partial charge in [-0.05, 0) is 63.4 Å². The van der Waals surface area contributed by atoms with Crippen molar-refractivity contribution in [2.75, 3.05) is 23.3 Å². The van der Waals surface area contributed by atoms with Crippen LogP contribution in [0, 0.1) is 12.8 Å². The van der Waals surface area contributed by atoms with Gasteiger partial charge >= 0.3 is 0 Å². The Morgan fingerprint density at radius 3 is 2.74 bits per heavy atom. The van der Waals surface area contributed by atoms with Gasteiger partial charge in [-0.3, -0.25) is 9.78 Å². The summed E-state index contributed by atoms with van der Waals surface area (Å²) in [5.41, 5.74) is 6.20. The number of carbonyl (C=O) groups excluding carboxylic acids is 1. The molecule has 1 aromatic carbocycles. The highest BCUT2D eigenvalue weighted by Gasteiger charge is 2.31. The summed E-state index contributed by atoms with van der Waals surface area (Å²) in [5.74, 6) is 0.961. The third-order valence-corrected chi connectivity index (χ3v) is 7.81. The van der Waals surface area contributed by atoms with Crippen LogP contribution in [0.25, 0.3) is 22.2 Å². The summed E-state index contributed by atoms with van der Waals surface area (Å²) in [5, 5.41) is 17.8. The van der Waals surface area contributed by atoms with Crippen LogP contribution in [0.2, 0.25) is 0 Å². The average molecular weight is 513 g/mol. The third kappa shape index (κ3) is 5.09. The highest BCUT2D eigenvalue weighted by molar-refractivity contribution is 5.95. The predicted molar refractivity (Wildman–Crippen MR) is 153 cm³/mol. The number of aliphatic hydroxyl groups is 1. The van der Waals surface area contributed by atoms with Gasteiger partial charge in [0.15, 0.2) is 0 Å². The quantitative estimate of drug-likeness (QED) is 0.290. The lowest BCUT2D eigenvalue weighted by Crippen LogP contribution is -2.44. The molecule has 1 fully saturated rings. The summed E-state index contributed by atoms with van der Waals surface area (Å²) in [6.07, 6.45) is 8.58. The molecule has 1 saturated heterocycles. The van der Waals surface area contributed by atoms with Crippen molar-refractivity contribution in [1.82, 2.24) is 19.9 Å². The fourth-order valence-electron chi connectivity index (χ4n) is 5.44. The molecule has 1 amide bonds. The van der Waals surface area contributed by atoms with Gasteiger partial charge in [0.2, 0.25) is 6.41 Å².